The largest absolute Gasteiger partial charge is 0.466 e. The van der Waals surface area contributed by atoms with Crippen LogP contribution in [0, 0.1) is 4.91 Å². The summed E-state index contributed by atoms with van der Waals surface area (Å²) >= 11 is 6.41. The molecule has 0 saturated carbocycles. The zero-order valence-electron chi connectivity index (χ0n) is 17.0. The fraction of sp³-hybridized carbons (Fsp3) is 0.400. The molecule has 0 aromatic heterocycles. The highest BCUT2D eigenvalue weighted by atomic mass is 35.5. The number of benzene rings is 1. The first-order valence-corrected chi connectivity index (χ1v) is 9.65. The number of ether oxygens (including phenoxy) is 3. The van der Waals surface area contributed by atoms with Gasteiger partial charge in [-0.25, -0.2) is 14.6 Å². The van der Waals surface area contributed by atoms with Crippen molar-refractivity contribution in [3.05, 3.63) is 62.3 Å². The van der Waals surface area contributed by atoms with Crippen molar-refractivity contribution >= 4 is 23.5 Å². The number of esters is 2. The topological polar surface area (TPSA) is 121 Å². The van der Waals surface area contributed by atoms with Crippen LogP contribution in [-0.4, -0.2) is 50.4 Å². The Morgan fingerprint density at radius 3 is 2.50 bits per heavy atom. The monoisotopic (exact) mass is 437 g/mol. The molecule has 30 heavy (non-hydrogen) atoms. The lowest BCUT2D eigenvalue weighted by molar-refractivity contribution is -0.139. The van der Waals surface area contributed by atoms with Crippen LogP contribution in [0.15, 0.2) is 52.1 Å². The number of hydrogen-bond acceptors (Lipinski definition) is 8. The van der Waals surface area contributed by atoms with E-state index in [1.54, 1.807) is 31.2 Å². The molecule has 1 atom stereocenters. The Morgan fingerprint density at radius 2 is 1.93 bits per heavy atom. The van der Waals surface area contributed by atoms with Gasteiger partial charge in [0.2, 0.25) is 0 Å². The van der Waals surface area contributed by atoms with E-state index in [9.17, 15) is 14.5 Å². The molecule has 2 rings (SSSR count). The molecule has 0 fully saturated rings. The Balaban J connectivity index is 2.83. The Bertz CT molecular complexity index is 883. The van der Waals surface area contributed by atoms with Gasteiger partial charge in [-0.3, -0.25) is 0 Å². The van der Waals surface area contributed by atoms with Gasteiger partial charge in [0, 0.05) is 11.6 Å². The minimum atomic E-state index is -0.945. The van der Waals surface area contributed by atoms with Gasteiger partial charge in [0.05, 0.1) is 60.7 Å². The Labute approximate surface area is 179 Å². The van der Waals surface area contributed by atoms with E-state index in [4.69, 9.17) is 31.5 Å². The fourth-order valence-corrected chi connectivity index (χ4v) is 3.54. The lowest BCUT2D eigenvalue weighted by atomic mass is 9.80. The van der Waals surface area contributed by atoms with Crippen molar-refractivity contribution < 1.29 is 23.8 Å². The predicted molar refractivity (Wildman–Crippen MR) is 110 cm³/mol. The van der Waals surface area contributed by atoms with Gasteiger partial charge in [-0.2, -0.15) is 0 Å². The van der Waals surface area contributed by atoms with Crippen molar-refractivity contribution in [1.29, 1.82) is 0 Å². The number of nitrogens with two attached hydrogens (primary N) is 1. The summed E-state index contributed by atoms with van der Waals surface area (Å²) in [5, 5.41) is 4.28. The van der Waals surface area contributed by atoms with Crippen molar-refractivity contribution in [1.82, 2.24) is 5.01 Å². The van der Waals surface area contributed by atoms with Crippen LogP contribution in [0.3, 0.4) is 0 Å². The molecule has 0 bridgehead atoms. The summed E-state index contributed by atoms with van der Waals surface area (Å²) < 4.78 is 15.7. The second-order valence-electron chi connectivity index (χ2n) is 6.26. The Kier molecular flexibility index (Phi) is 8.52. The van der Waals surface area contributed by atoms with Crippen molar-refractivity contribution in [3.63, 3.8) is 0 Å². The lowest BCUT2D eigenvalue weighted by Gasteiger charge is -2.34. The summed E-state index contributed by atoms with van der Waals surface area (Å²) in [7, 11) is 1.21. The van der Waals surface area contributed by atoms with E-state index in [1.807, 2.05) is 0 Å². The molecular formula is C20H24ClN3O6. The average molecular weight is 438 g/mol. The number of halogens is 1. The smallest absolute Gasteiger partial charge is 0.336 e. The van der Waals surface area contributed by atoms with Gasteiger partial charge >= 0.3 is 11.9 Å². The molecule has 1 aromatic rings. The summed E-state index contributed by atoms with van der Waals surface area (Å²) in [4.78, 5) is 37.4. The molecule has 0 aliphatic carbocycles. The number of methoxy groups -OCH3 is 1. The molecule has 1 aliphatic rings. The van der Waals surface area contributed by atoms with Crippen molar-refractivity contribution in [2.75, 3.05) is 33.5 Å². The van der Waals surface area contributed by atoms with Crippen LogP contribution in [0.4, 0.5) is 0 Å². The molecule has 1 aliphatic heterocycles. The van der Waals surface area contributed by atoms with Gasteiger partial charge in [-0.1, -0.05) is 29.8 Å². The number of carbonyl (C=O) groups is 2. The molecular weight excluding hydrogens is 414 g/mol. The molecule has 162 valence electrons. The molecule has 1 heterocycles. The average Bonchev–Trinajstić information content (AvgIpc) is 2.73. The van der Waals surface area contributed by atoms with Crippen molar-refractivity contribution in [2.45, 2.75) is 19.8 Å². The van der Waals surface area contributed by atoms with E-state index in [1.165, 1.54) is 14.0 Å². The van der Waals surface area contributed by atoms with Gasteiger partial charge in [-0.15, -0.1) is 4.91 Å². The number of rotatable bonds is 9. The first-order valence-electron chi connectivity index (χ1n) is 9.27. The van der Waals surface area contributed by atoms with Gasteiger partial charge in [0.1, 0.15) is 0 Å². The van der Waals surface area contributed by atoms with E-state index < -0.39 is 17.9 Å². The highest BCUT2D eigenvalue weighted by Crippen LogP contribution is 2.45. The molecule has 0 spiro atoms. The maximum absolute atomic E-state index is 13.0. The molecule has 10 heteroatoms. The van der Waals surface area contributed by atoms with Gasteiger partial charge in [0.15, 0.2) is 0 Å². The predicted octanol–water partition coefficient (Wildman–Crippen LogP) is 2.66. The SMILES string of the molecule is CCOC(=O)C1=C(COCCN)N(N=O)C(C)=C(C(=O)OC)[C@@H]1c1ccccc1Cl. The van der Waals surface area contributed by atoms with E-state index in [0.29, 0.717) is 10.6 Å². The summed E-state index contributed by atoms with van der Waals surface area (Å²) in [5.74, 6) is -2.40. The van der Waals surface area contributed by atoms with Crippen LogP contribution in [0.5, 0.6) is 0 Å². The molecule has 2 N–H and O–H groups in total. The molecule has 0 saturated heterocycles. The highest BCUT2D eigenvalue weighted by Gasteiger charge is 2.43. The number of nitroso groups, excluding NO2 is 1. The van der Waals surface area contributed by atoms with Gasteiger partial charge < -0.3 is 19.9 Å². The second kappa shape index (κ2) is 10.9. The maximum Gasteiger partial charge on any atom is 0.336 e. The van der Waals surface area contributed by atoms with Crippen LogP contribution in [0.25, 0.3) is 0 Å². The van der Waals surface area contributed by atoms with Crippen molar-refractivity contribution in [3.8, 4) is 0 Å². The molecule has 9 nitrogen and oxygen atoms in total. The Morgan fingerprint density at radius 1 is 1.23 bits per heavy atom. The third-order valence-electron chi connectivity index (χ3n) is 4.55. The van der Waals surface area contributed by atoms with E-state index in [0.717, 1.165) is 5.01 Å². The minimum absolute atomic E-state index is 0.0209. The van der Waals surface area contributed by atoms with Crippen LogP contribution in [0.2, 0.25) is 5.02 Å². The minimum Gasteiger partial charge on any atom is -0.466 e. The van der Waals surface area contributed by atoms with Crippen molar-refractivity contribution in [2.24, 2.45) is 11.0 Å². The normalized spacial score (nSPS) is 16.6. The third-order valence-corrected chi connectivity index (χ3v) is 4.90. The molecule has 0 unspecified atom stereocenters. The number of carbonyl (C=O) groups excluding carboxylic acids is 2. The Hall–Kier alpha value is -2.75. The quantitative estimate of drug-likeness (QED) is 0.355. The van der Waals surface area contributed by atoms with E-state index in [-0.39, 0.29) is 48.9 Å². The number of nitrogens with zero attached hydrogens (tertiary/aromatic N) is 2. The number of allylic oxidation sites excluding steroid dienone is 1. The van der Waals surface area contributed by atoms with Gasteiger partial charge in [-0.05, 0) is 25.5 Å². The fourth-order valence-electron chi connectivity index (χ4n) is 3.29. The first kappa shape index (κ1) is 23.5. The van der Waals surface area contributed by atoms with Crippen LogP contribution >= 0.6 is 11.6 Å². The first-order chi connectivity index (χ1) is 14.4. The summed E-state index contributed by atoms with van der Waals surface area (Å²) in [6.07, 6.45) is 0. The second-order valence-corrected chi connectivity index (χ2v) is 6.67. The standard InChI is InChI=1S/C20H24ClN3O6/c1-4-30-20(26)18-15(11-29-10-9-22)24(23-27)12(2)16(19(25)28-3)17(18)13-7-5-6-8-14(13)21/h5-8,17H,4,9-11,22H2,1-3H3/t17-/m0/s1. The maximum atomic E-state index is 13.0. The summed E-state index contributed by atoms with van der Waals surface area (Å²) in [5.41, 5.74) is 6.37. The lowest BCUT2D eigenvalue weighted by Crippen LogP contribution is -2.35. The molecule has 0 amide bonds. The molecule has 0 radical (unpaired) electrons. The molecule has 1 aromatic carbocycles. The zero-order valence-corrected chi connectivity index (χ0v) is 17.8. The summed E-state index contributed by atoms with van der Waals surface area (Å²) in [6, 6.07) is 6.77. The third kappa shape index (κ3) is 4.69. The van der Waals surface area contributed by atoms with Crippen LogP contribution < -0.4 is 5.73 Å². The van der Waals surface area contributed by atoms with E-state index in [2.05, 4.69) is 5.29 Å². The highest BCUT2D eigenvalue weighted by molar-refractivity contribution is 6.31. The van der Waals surface area contributed by atoms with Crippen LogP contribution in [0.1, 0.15) is 25.3 Å². The number of hydrogen-bond donors (Lipinski definition) is 1. The van der Waals surface area contributed by atoms with E-state index >= 15 is 0 Å². The zero-order chi connectivity index (χ0) is 22.3. The van der Waals surface area contributed by atoms with Gasteiger partial charge in [0.25, 0.3) is 0 Å². The summed E-state index contributed by atoms with van der Waals surface area (Å²) in [6.45, 7) is 3.54. The van der Waals surface area contributed by atoms with Crippen LogP contribution in [-0.2, 0) is 23.8 Å².